The van der Waals surface area contributed by atoms with Gasteiger partial charge in [-0.05, 0) is 23.8 Å². The summed E-state index contributed by atoms with van der Waals surface area (Å²) in [5.41, 5.74) is -1.41. The van der Waals surface area contributed by atoms with E-state index in [4.69, 9.17) is 23.2 Å². The molecule has 0 aliphatic rings. The average Bonchev–Trinajstić information content (AvgIpc) is 3.32. The van der Waals surface area contributed by atoms with Crippen LogP contribution in [0.4, 0.5) is 23.4 Å². The fraction of sp³-hybridized carbons (Fsp3) is 0.158. The van der Waals surface area contributed by atoms with E-state index in [9.17, 15) is 22.4 Å². The first-order chi connectivity index (χ1) is 15.2. The number of nitrogens with one attached hydrogen (secondary N) is 1. The molecule has 166 valence electrons. The van der Waals surface area contributed by atoms with E-state index in [0.29, 0.717) is 22.1 Å². The summed E-state index contributed by atoms with van der Waals surface area (Å²) < 4.78 is 54.6. The van der Waals surface area contributed by atoms with E-state index in [-0.39, 0.29) is 22.2 Å². The Bertz CT molecular complexity index is 1290. The molecule has 0 saturated heterocycles. The van der Waals surface area contributed by atoms with Crippen LogP contribution in [0, 0.1) is 0 Å². The number of aromatic nitrogens is 5. The third-order valence-electron chi connectivity index (χ3n) is 4.36. The second-order valence-electron chi connectivity index (χ2n) is 6.61. The van der Waals surface area contributed by atoms with Gasteiger partial charge >= 0.3 is 0 Å². The summed E-state index contributed by atoms with van der Waals surface area (Å²) in [6.07, 6.45) is -4.68. The van der Waals surface area contributed by atoms with Crippen molar-refractivity contribution in [3.63, 3.8) is 0 Å². The SMILES string of the molecule is O=C(Nc1nn(Cc2ccc(Cl)cc2)cc1Cl)c1cc2nc(C(F)F)cc(C(F)F)n2n1. The molecule has 0 radical (unpaired) electrons. The van der Waals surface area contributed by atoms with Crippen molar-refractivity contribution in [3.05, 3.63) is 75.3 Å². The van der Waals surface area contributed by atoms with Crippen molar-refractivity contribution in [2.75, 3.05) is 5.32 Å². The molecule has 0 saturated carbocycles. The quantitative estimate of drug-likeness (QED) is 0.369. The maximum absolute atomic E-state index is 13.3. The second-order valence-corrected chi connectivity index (χ2v) is 7.45. The first-order valence-electron chi connectivity index (χ1n) is 8.97. The summed E-state index contributed by atoms with van der Waals surface area (Å²) in [7, 11) is 0. The number of carbonyl (C=O) groups is 1. The van der Waals surface area contributed by atoms with Gasteiger partial charge in [0.15, 0.2) is 17.2 Å². The van der Waals surface area contributed by atoms with Gasteiger partial charge < -0.3 is 5.32 Å². The summed E-state index contributed by atoms with van der Waals surface area (Å²) in [5.74, 6) is -0.814. The van der Waals surface area contributed by atoms with Crippen LogP contribution in [0.2, 0.25) is 10.0 Å². The maximum atomic E-state index is 13.3. The minimum absolute atomic E-state index is 0.0120. The van der Waals surface area contributed by atoms with E-state index in [0.717, 1.165) is 11.6 Å². The Balaban J connectivity index is 1.58. The van der Waals surface area contributed by atoms with E-state index >= 15 is 0 Å². The summed E-state index contributed by atoms with van der Waals surface area (Å²) in [5, 5.41) is 11.1. The fourth-order valence-corrected chi connectivity index (χ4v) is 3.23. The number of rotatable bonds is 6. The van der Waals surface area contributed by atoms with Crippen LogP contribution >= 0.6 is 23.2 Å². The minimum Gasteiger partial charge on any atom is -0.302 e. The van der Waals surface area contributed by atoms with Gasteiger partial charge in [0.05, 0.1) is 6.54 Å². The molecule has 0 aliphatic carbocycles. The van der Waals surface area contributed by atoms with Crippen molar-refractivity contribution in [2.45, 2.75) is 19.4 Å². The van der Waals surface area contributed by atoms with Crippen molar-refractivity contribution < 1.29 is 22.4 Å². The molecule has 1 amide bonds. The first kappa shape index (κ1) is 22.0. The summed E-state index contributed by atoms with van der Waals surface area (Å²) in [6, 6.07) is 8.60. The van der Waals surface area contributed by atoms with Gasteiger partial charge in [-0.15, -0.1) is 0 Å². The number of nitrogens with zero attached hydrogens (tertiary/aromatic N) is 5. The Kier molecular flexibility index (Phi) is 6.02. The zero-order valence-electron chi connectivity index (χ0n) is 15.8. The molecule has 3 aromatic heterocycles. The molecule has 0 unspecified atom stereocenters. The number of amides is 1. The molecular formula is C19H12Cl2F4N6O. The van der Waals surface area contributed by atoms with Crippen LogP contribution in [0.15, 0.2) is 42.6 Å². The molecular weight excluding hydrogens is 475 g/mol. The van der Waals surface area contributed by atoms with Gasteiger partial charge in [-0.25, -0.2) is 27.1 Å². The number of carbonyl (C=O) groups excluding carboxylic acids is 1. The number of hydrogen-bond acceptors (Lipinski definition) is 4. The van der Waals surface area contributed by atoms with Crippen molar-refractivity contribution in [1.82, 2.24) is 24.4 Å². The van der Waals surface area contributed by atoms with E-state index in [1.165, 1.54) is 10.9 Å². The lowest BCUT2D eigenvalue weighted by molar-refractivity contribution is 0.102. The number of fused-ring (bicyclic) bond motifs is 1. The van der Waals surface area contributed by atoms with Crippen molar-refractivity contribution in [1.29, 1.82) is 0 Å². The number of benzene rings is 1. The number of halogens is 6. The monoisotopic (exact) mass is 486 g/mol. The van der Waals surface area contributed by atoms with Gasteiger partial charge in [0.25, 0.3) is 18.8 Å². The summed E-state index contributed by atoms with van der Waals surface area (Å²) in [4.78, 5) is 16.2. The highest BCUT2D eigenvalue weighted by molar-refractivity contribution is 6.33. The van der Waals surface area contributed by atoms with E-state index in [1.54, 1.807) is 24.3 Å². The Morgan fingerprint density at radius 3 is 2.41 bits per heavy atom. The van der Waals surface area contributed by atoms with E-state index < -0.39 is 30.1 Å². The van der Waals surface area contributed by atoms with Crippen LogP contribution in [0.3, 0.4) is 0 Å². The fourth-order valence-electron chi connectivity index (χ4n) is 2.91. The first-order valence-corrected chi connectivity index (χ1v) is 9.72. The highest BCUT2D eigenvalue weighted by Gasteiger charge is 2.22. The van der Waals surface area contributed by atoms with Crippen LogP contribution in [0.1, 0.15) is 40.3 Å². The lowest BCUT2D eigenvalue weighted by Crippen LogP contribution is -2.14. The molecule has 1 N–H and O–H groups in total. The Hall–Kier alpha value is -3.18. The predicted molar refractivity (Wildman–Crippen MR) is 109 cm³/mol. The van der Waals surface area contributed by atoms with Crippen LogP contribution < -0.4 is 5.32 Å². The van der Waals surface area contributed by atoms with Crippen LogP contribution in [0.25, 0.3) is 5.65 Å². The Labute approximate surface area is 187 Å². The molecule has 4 rings (SSSR count). The lowest BCUT2D eigenvalue weighted by atomic mass is 10.2. The average molecular weight is 487 g/mol. The Morgan fingerprint density at radius 2 is 1.75 bits per heavy atom. The van der Waals surface area contributed by atoms with Gasteiger partial charge in [-0.3, -0.25) is 9.48 Å². The third-order valence-corrected chi connectivity index (χ3v) is 4.89. The topological polar surface area (TPSA) is 77.1 Å². The van der Waals surface area contributed by atoms with Gasteiger partial charge in [0.2, 0.25) is 0 Å². The van der Waals surface area contributed by atoms with Gasteiger partial charge in [-0.1, -0.05) is 35.3 Å². The number of anilines is 1. The minimum atomic E-state index is -3.10. The van der Waals surface area contributed by atoms with E-state index in [1.807, 2.05) is 0 Å². The third kappa shape index (κ3) is 4.53. The maximum Gasteiger partial charge on any atom is 0.280 e. The molecule has 7 nitrogen and oxygen atoms in total. The van der Waals surface area contributed by atoms with Crippen molar-refractivity contribution >= 4 is 40.6 Å². The van der Waals surface area contributed by atoms with Crippen LogP contribution in [0.5, 0.6) is 0 Å². The summed E-state index contributed by atoms with van der Waals surface area (Å²) in [6.45, 7) is 0.346. The molecule has 0 bridgehead atoms. The standard InChI is InChI=1S/C19H12Cl2F4N6O/c20-10-3-1-9(2-4-10)7-30-8-11(21)18(29-30)27-19(32)13-6-15-26-12(16(22)23)5-14(17(24)25)31(15)28-13/h1-6,8,16-17H,7H2,(H,27,29,32). The van der Waals surface area contributed by atoms with Gasteiger partial charge in [-0.2, -0.15) is 10.2 Å². The van der Waals surface area contributed by atoms with Crippen LogP contribution in [-0.4, -0.2) is 30.3 Å². The second kappa shape index (κ2) is 8.75. The zero-order chi connectivity index (χ0) is 23.0. The molecule has 0 atom stereocenters. The molecule has 13 heteroatoms. The molecule has 1 aromatic carbocycles. The highest BCUT2D eigenvalue weighted by Crippen LogP contribution is 2.26. The van der Waals surface area contributed by atoms with Crippen molar-refractivity contribution in [2.24, 2.45) is 0 Å². The normalized spacial score (nSPS) is 11.6. The molecule has 0 aliphatic heterocycles. The number of alkyl halides is 4. The predicted octanol–water partition coefficient (Wildman–Crippen LogP) is 5.41. The molecule has 0 fully saturated rings. The highest BCUT2D eigenvalue weighted by atomic mass is 35.5. The van der Waals surface area contributed by atoms with Gasteiger partial charge in [0.1, 0.15) is 16.4 Å². The Morgan fingerprint density at radius 1 is 1.03 bits per heavy atom. The lowest BCUT2D eigenvalue weighted by Gasteiger charge is -2.06. The summed E-state index contributed by atoms with van der Waals surface area (Å²) >= 11 is 12.0. The zero-order valence-corrected chi connectivity index (χ0v) is 17.3. The molecule has 0 spiro atoms. The molecule has 4 aromatic rings. The van der Waals surface area contributed by atoms with E-state index in [2.05, 4.69) is 20.5 Å². The number of hydrogen-bond donors (Lipinski definition) is 1. The largest absolute Gasteiger partial charge is 0.302 e. The smallest absolute Gasteiger partial charge is 0.280 e. The van der Waals surface area contributed by atoms with Crippen LogP contribution in [-0.2, 0) is 6.54 Å². The molecule has 3 heterocycles. The van der Waals surface area contributed by atoms with Gasteiger partial charge in [0, 0.05) is 17.3 Å². The molecule has 32 heavy (non-hydrogen) atoms. The van der Waals surface area contributed by atoms with Crippen molar-refractivity contribution in [3.8, 4) is 0 Å².